The zero-order chi connectivity index (χ0) is 38.2. The van der Waals surface area contributed by atoms with E-state index in [2.05, 4.69) is 127 Å². The molecule has 9 aromatic carbocycles. The second kappa shape index (κ2) is 12.8. The molecule has 0 amide bonds. The first kappa shape index (κ1) is 32.4. The van der Waals surface area contributed by atoms with Crippen LogP contribution >= 0.6 is 0 Å². The molecule has 0 N–H and O–H groups in total. The van der Waals surface area contributed by atoms with Crippen LogP contribution in [-0.2, 0) is 0 Å². The van der Waals surface area contributed by atoms with Gasteiger partial charge in [0.1, 0.15) is 22.3 Å². The van der Waals surface area contributed by atoms with Crippen molar-refractivity contribution < 1.29 is 8.83 Å². The molecular formula is C53H31N3O2. The summed E-state index contributed by atoms with van der Waals surface area (Å²) in [5.41, 5.74) is 10.5. The molecule has 0 aliphatic rings. The van der Waals surface area contributed by atoms with E-state index in [9.17, 15) is 0 Å². The zero-order valence-corrected chi connectivity index (χ0v) is 31.1. The Morgan fingerprint density at radius 1 is 0.276 bits per heavy atom. The number of nitrogens with zero attached hydrogens (tertiary/aromatic N) is 3. The summed E-state index contributed by atoms with van der Waals surface area (Å²) < 4.78 is 12.6. The van der Waals surface area contributed by atoms with E-state index < -0.39 is 0 Å². The first-order valence-corrected chi connectivity index (χ1v) is 19.4. The molecule has 0 aliphatic heterocycles. The van der Waals surface area contributed by atoms with Crippen molar-refractivity contribution >= 4 is 65.4 Å². The molecule has 0 radical (unpaired) electrons. The summed E-state index contributed by atoms with van der Waals surface area (Å²) in [6.07, 6.45) is 0. The Labute approximate surface area is 332 Å². The van der Waals surface area contributed by atoms with E-state index in [4.69, 9.17) is 23.8 Å². The van der Waals surface area contributed by atoms with Crippen molar-refractivity contribution in [2.75, 3.05) is 0 Å². The van der Waals surface area contributed by atoms with Crippen molar-refractivity contribution in [3.63, 3.8) is 0 Å². The van der Waals surface area contributed by atoms with Crippen LogP contribution in [0.1, 0.15) is 0 Å². The minimum absolute atomic E-state index is 0.572. The second-order valence-electron chi connectivity index (χ2n) is 14.7. The SMILES string of the molecule is c1ccc(-c2ccc3ccc4ccc(-c5ccc(-c6nc(-c7cccc8oc9ccccc9c78)nc(-c7cccc8oc9ccccc9c78)n6)cc5)cc4c3c2)cc1. The fourth-order valence-electron chi connectivity index (χ4n) is 8.52. The molecule has 58 heavy (non-hydrogen) atoms. The van der Waals surface area contributed by atoms with Crippen molar-refractivity contribution in [3.05, 3.63) is 188 Å². The lowest BCUT2D eigenvalue weighted by Crippen LogP contribution is -2.00. The minimum atomic E-state index is 0.572. The van der Waals surface area contributed by atoms with Gasteiger partial charge in [0, 0.05) is 38.2 Å². The van der Waals surface area contributed by atoms with Gasteiger partial charge in [-0.2, -0.15) is 0 Å². The fraction of sp³-hybridized carbons (Fsp3) is 0. The molecule has 270 valence electrons. The van der Waals surface area contributed by atoms with Crippen LogP contribution in [0.5, 0.6) is 0 Å². The number of rotatable bonds is 5. The summed E-state index contributed by atoms with van der Waals surface area (Å²) in [5, 5.41) is 8.88. The topological polar surface area (TPSA) is 65.0 Å². The molecule has 5 nitrogen and oxygen atoms in total. The van der Waals surface area contributed by atoms with E-state index in [0.717, 1.165) is 71.7 Å². The van der Waals surface area contributed by atoms with Crippen molar-refractivity contribution in [1.82, 2.24) is 15.0 Å². The summed E-state index contributed by atoms with van der Waals surface area (Å²) >= 11 is 0. The van der Waals surface area contributed by atoms with E-state index in [0.29, 0.717) is 17.5 Å². The van der Waals surface area contributed by atoms with Gasteiger partial charge >= 0.3 is 0 Å². The van der Waals surface area contributed by atoms with Crippen molar-refractivity contribution in [1.29, 1.82) is 0 Å². The largest absolute Gasteiger partial charge is 0.456 e. The smallest absolute Gasteiger partial charge is 0.164 e. The number of hydrogen-bond donors (Lipinski definition) is 0. The molecule has 0 saturated heterocycles. The summed E-state index contributed by atoms with van der Waals surface area (Å²) in [7, 11) is 0. The van der Waals surface area contributed by atoms with E-state index in [-0.39, 0.29) is 0 Å². The average Bonchev–Trinajstić information content (AvgIpc) is 3.88. The van der Waals surface area contributed by atoms with Crippen LogP contribution in [0.2, 0.25) is 0 Å². The molecule has 12 rings (SSSR count). The summed E-state index contributed by atoms with van der Waals surface area (Å²) in [4.78, 5) is 15.6. The molecule has 0 fully saturated rings. The van der Waals surface area contributed by atoms with Gasteiger partial charge in [0.25, 0.3) is 0 Å². The zero-order valence-electron chi connectivity index (χ0n) is 31.1. The van der Waals surface area contributed by atoms with E-state index >= 15 is 0 Å². The van der Waals surface area contributed by atoms with Gasteiger partial charge in [-0.15, -0.1) is 0 Å². The molecule has 0 aliphatic carbocycles. The standard InChI is InChI=1S/C53H31N3O2/c1-2-10-32(11-3-1)37-28-24-34-22-23-35-25-29-38(31-44(35)43(34)30-37)33-20-26-36(27-21-33)51-54-52(41-14-8-18-47-49(41)39-12-4-6-16-45(39)57-47)56-53(55-51)42-15-9-19-48-50(42)40-13-5-7-17-46(40)58-48/h1-31H. The summed E-state index contributed by atoms with van der Waals surface area (Å²) in [6, 6.07) is 65.3. The lowest BCUT2D eigenvalue weighted by molar-refractivity contribution is 0.668. The van der Waals surface area contributed by atoms with Gasteiger partial charge < -0.3 is 8.83 Å². The normalized spacial score (nSPS) is 11.8. The van der Waals surface area contributed by atoms with E-state index in [1.54, 1.807) is 0 Å². The van der Waals surface area contributed by atoms with E-state index in [1.807, 2.05) is 60.7 Å². The Hall–Kier alpha value is -7.89. The number of aromatic nitrogens is 3. The molecule has 0 unspecified atom stereocenters. The highest BCUT2D eigenvalue weighted by Crippen LogP contribution is 2.40. The quantitative estimate of drug-likeness (QED) is 0.164. The lowest BCUT2D eigenvalue weighted by Gasteiger charge is -2.11. The molecule has 3 aromatic heterocycles. The first-order chi connectivity index (χ1) is 28.7. The number of fused-ring (bicyclic) bond motifs is 9. The average molecular weight is 742 g/mol. The third-order valence-corrected chi connectivity index (χ3v) is 11.3. The molecule has 3 heterocycles. The van der Waals surface area contributed by atoms with Crippen molar-refractivity contribution in [3.8, 4) is 56.4 Å². The maximum Gasteiger partial charge on any atom is 0.164 e. The highest BCUT2D eigenvalue weighted by atomic mass is 16.3. The Morgan fingerprint density at radius 3 is 1.24 bits per heavy atom. The number of para-hydroxylation sites is 2. The maximum atomic E-state index is 6.29. The Balaban J connectivity index is 1.01. The molecular weight excluding hydrogens is 711 g/mol. The fourth-order valence-corrected chi connectivity index (χ4v) is 8.52. The van der Waals surface area contributed by atoms with Crippen LogP contribution in [0.3, 0.4) is 0 Å². The van der Waals surface area contributed by atoms with Gasteiger partial charge in [-0.05, 0) is 80.2 Å². The predicted molar refractivity (Wildman–Crippen MR) is 237 cm³/mol. The van der Waals surface area contributed by atoms with E-state index in [1.165, 1.54) is 32.7 Å². The summed E-state index contributed by atoms with van der Waals surface area (Å²) in [5.74, 6) is 1.73. The van der Waals surface area contributed by atoms with Gasteiger partial charge in [-0.1, -0.05) is 152 Å². The van der Waals surface area contributed by atoms with Crippen LogP contribution in [0.15, 0.2) is 197 Å². The van der Waals surface area contributed by atoms with Crippen molar-refractivity contribution in [2.45, 2.75) is 0 Å². The number of benzene rings is 9. The molecule has 0 saturated carbocycles. The van der Waals surface area contributed by atoms with Crippen LogP contribution < -0.4 is 0 Å². The number of hydrogen-bond acceptors (Lipinski definition) is 5. The van der Waals surface area contributed by atoms with Gasteiger partial charge in [-0.25, -0.2) is 15.0 Å². The van der Waals surface area contributed by atoms with Crippen LogP contribution in [0.25, 0.3) is 122 Å². The van der Waals surface area contributed by atoms with Crippen LogP contribution in [-0.4, -0.2) is 15.0 Å². The highest BCUT2D eigenvalue weighted by molar-refractivity contribution is 6.14. The Morgan fingerprint density at radius 2 is 0.690 bits per heavy atom. The lowest BCUT2D eigenvalue weighted by atomic mass is 9.94. The van der Waals surface area contributed by atoms with Crippen LogP contribution in [0, 0.1) is 0 Å². The third kappa shape index (κ3) is 5.21. The molecule has 5 heteroatoms. The first-order valence-electron chi connectivity index (χ1n) is 19.4. The molecule has 12 aromatic rings. The summed E-state index contributed by atoms with van der Waals surface area (Å²) in [6.45, 7) is 0. The van der Waals surface area contributed by atoms with Gasteiger partial charge in [-0.3, -0.25) is 0 Å². The van der Waals surface area contributed by atoms with Gasteiger partial charge in [0.05, 0.1) is 0 Å². The predicted octanol–water partition coefficient (Wildman–Crippen LogP) is 14.3. The molecule has 0 bridgehead atoms. The second-order valence-corrected chi connectivity index (χ2v) is 14.7. The Kier molecular flexibility index (Phi) is 7.16. The third-order valence-electron chi connectivity index (χ3n) is 11.3. The maximum absolute atomic E-state index is 6.29. The highest BCUT2D eigenvalue weighted by Gasteiger charge is 2.20. The molecule has 0 atom stereocenters. The van der Waals surface area contributed by atoms with Gasteiger partial charge in [0.2, 0.25) is 0 Å². The van der Waals surface area contributed by atoms with Gasteiger partial charge in [0.15, 0.2) is 17.5 Å². The monoisotopic (exact) mass is 741 g/mol. The van der Waals surface area contributed by atoms with Crippen LogP contribution in [0.4, 0.5) is 0 Å². The Bertz CT molecular complexity index is 3430. The molecule has 0 spiro atoms. The number of furan rings is 2. The minimum Gasteiger partial charge on any atom is -0.456 e. The van der Waals surface area contributed by atoms with Crippen molar-refractivity contribution in [2.24, 2.45) is 0 Å².